The van der Waals surface area contributed by atoms with E-state index in [9.17, 15) is 23.8 Å². The summed E-state index contributed by atoms with van der Waals surface area (Å²) >= 11 is 0. The molecule has 0 fully saturated rings. The maximum atomic E-state index is 13.1. The molecule has 2 heterocycles. The lowest BCUT2D eigenvalue weighted by Crippen LogP contribution is -2.41. The van der Waals surface area contributed by atoms with Gasteiger partial charge in [-0.3, -0.25) is 18.6 Å². The number of phosphoric acid groups is 1. The number of benzene rings is 2. The zero-order valence-corrected chi connectivity index (χ0v) is 47.8. The number of aromatic nitrogens is 3. The fourth-order valence-corrected chi connectivity index (χ4v) is 9.77. The summed E-state index contributed by atoms with van der Waals surface area (Å²) < 4.78 is 48.2. The number of quaternary nitrogens is 1. The summed E-state index contributed by atoms with van der Waals surface area (Å²) in [5.74, 6) is -0.400. The molecule has 0 spiro atoms. The van der Waals surface area contributed by atoms with E-state index >= 15 is 0 Å². The highest BCUT2D eigenvalue weighted by Gasteiger charge is 2.28. The van der Waals surface area contributed by atoms with Crippen molar-refractivity contribution in [3.05, 3.63) is 86.8 Å². The average Bonchev–Trinajstić information content (AvgIpc) is 3.86. The highest BCUT2D eigenvalue weighted by atomic mass is 31.2. The topological polar surface area (TPSA) is 227 Å². The first-order chi connectivity index (χ1) is 37.3. The number of nitrogens with zero attached hydrogens (tertiary/aromatic N) is 7. The first kappa shape index (κ1) is 64.4. The van der Waals surface area contributed by atoms with Crippen molar-refractivity contribution in [1.29, 1.82) is 0 Å². The van der Waals surface area contributed by atoms with Crippen LogP contribution in [0.4, 0.5) is 5.69 Å². The summed E-state index contributed by atoms with van der Waals surface area (Å²) in [5.41, 5.74) is 10.4. The second-order valence-electron chi connectivity index (χ2n) is 21.1. The van der Waals surface area contributed by atoms with Gasteiger partial charge in [-0.2, -0.15) is 0 Å². The quantitative estimate of drug-likeness (QED) is 0.00636. The number of rotatable bonds is 45. The van der Waals surface area contributed by atoms with Gasteiger partial charge in [0.2, 0.25) is 0 Å². The van der Waals surface area contributed by atoms with Crippen LogP contribution in [0.2, 0.25) is 0 Å². The minimum absolute atomic E-state index is 0.158. The Morgan fingerprint density at radius 1 is 0.740 bits per heavy atom. The fraction of sp³-hybridized carbons (Fsp3) is 0.672. The van der Waals surface area contributed by atoms with Crippen molar-refractivity contribution in [1.82, 2.24) is 15.0 Å². The summed E-state index contributed by atoms with van der Waals surface area (Å²) in [6.07, 6.45) is 31.9. The smallest absolute Gasteiger partial charge is 0.472 e. The molecule has 4 aromatic rings. The van der Waals surface area contributed by atoms with Gasteiger partial charge in [0, 0.05) is 34.9 Å². The Bertz CT molecular complexity index is 2440. The van der Waals surface area contributed by atoms with E-state index in [-0.39, 0.29) is 49.4 Å². The molecule has 1 N–H and O–H groups in total. The number of hydrogen-bond donors (Lipinski definition) is 1. The van der Waals surface area contributed by atoms with E-state index in [4.69, 9.17) is 33.2 Å². The molecule has 0 radical (unpaired) electrons. The molecule has 2 aromatic heterocycles. The van der Waals surface area contributed by atoms with Gasteiger partial charge in [0.1, 0.15) is 49.9 Å². The molecule has 0 saturated carbocycles. The molecule has 0 amide bonds. The molecular formula is C58H91N7O11P+. The summed E-state index contributed by atoms with van der Waals surface area (Å²) in [4.78, 5) is 52.4. The zero-order valence-electron chi connectivity index (χ0n) is 46.9. The van der Waals surface area contributed by atoms with Crippen LogP contribution in [0.1, 0.15) is 205 Å². The second kappa shape index (κ2) is 37.7. The van der Waals surface area contributed by atoms with Crippen LogP contribution in [-0.2, 0) is 45.8 Å². The number of carbonyl (C=O) groups is 2. The van der Waals surface area contributed by atoms with Crippen molar-refractivity contribution in [3.63, 3.8) is 0 Å². The van der Waals surface area contributed by atoms with Crippen LogP contribution in [0.3, 0.4) is 0 Å². The molecular weight excluding hydrogens is 1000 g/mol. The lowest BCUT2D eigenvalue weighted by molar-refractivity contribution is -0.904. The van der Waals surface area contributed by atoms with E-state index in [2.05, 4.69) is 34.2 Å². The van der Waals surface area contributed by atoms with Crippen LogP contribution in [0.15, 0.2) is 69.1 Å². The lowest BCUT2D eigenvalue weighted by atomic mass is 10.0. The standard InChI is InChI=1S/C58H90N7O11P/c1-5-7-9-11-13-15-17-19-21-23-25-27-29-31-56(66)72-46-53(75-57(67)32-30-28-26-24-22-20-18-16-14-12-10-8-6-2)47-74-77(69,70)73-40-39-65(3,4)44-51-43-64(63-61-51)54-41-49-35-38-52(42-55(49)76-58(54)68)71-45-48-33-36-50(37-34-48)60-62-59/h33-38,41-43,53H,5-32,39-40,44-47H2,1-4H3/p+1. The van der Waals surface area contributed by atoms with Crippen molar-refractivity contribution in [2.75, 3.05) is 40.5 Å². The maximum absolute atomic E-state index is 13.1. The summed E-state index contributed by atoms with van der Waals surface area (Å²) in [6, 6.07) is 13.8. The molecule has 18 nitrogen and oxygen atoms in total. The lowest BCUT2D eigenvalue weighted by Gasteiger charge is -2.28. The van der Waals surface area contributed by atoms with E-state index in [0.717, 1.165) is 44.1 Å². The number of unbranched alkanes of at least 4 members (excludes halogenated alkanes) is 24. The normalized spacial score (nSPS) is 12.8. The summed E-state index contributed by atoms with van der Waals surface area (Å²) in [6.45, 7) is 4.35. The van der Waals surface area contributed by atoms with Gasteiger partial charge in [0.25, 0.3) is 0 Å². The number of azide groups is 1. The van der Waals surface area contributed by atoms with Crippen molar-refractivity contribution in [3.8, 4) is 11.4 Å². The first-order valence-corrected chi connectivity index (χ1v) is 30.3. The van der Waals surface area contributed by atoms with Gasteiger partial charge in [-0.05, 0) is 42.1 Å². The van der Waals surface area contributed by atoms with Gasteiger partial charge in [0.15, 0.2) is 11.8 Å². The van der Waals surface area contributed by atoms with E-state index in [1.807, 2.05) is 14.1 Å². The summed E-state index contributed by atoms with van der Waals surface area (Å²) in [5, 5.41) is 12.7. The number of hydrogen-bond acceptors (Lipinski definition) is 13. The molecule has 0 bridgehead atoms. The molecule has 0 aliphatic rings. The molecule has 2 aromatic carbocycles. The van der Waals surface area contributed by atoms with Crippen molar-refractivity contribution in [2.24, 2.45) is 5.11 Å². The van der Waals surface area contributed by atoms with Gasteiger partial charge in [-0.1, -0.05) is 203 Å². The average molecular weight is 1090 g/mol. The first-order valence-electron chi connectivity index (χ1n) is 28.8. The molecule has 4 rings (SSSR count). The highest BCUT2D eigenvalue weighted by Crippen LogP contribution is 2.43. The third-order valence-corrected chi connectivity index (χ3v) is 14.6. The SMILES string of the molecule is CCCCCCCCCCCCCCCC(=O)OCC(COP(=O)(O)OCC[N+](C)(C)Cc1cn(-c2cc3ccc(OCc4ccc(N=[N+]=[N-])cc4)cc3oc2=O)nn1)OC(=O)CCCCCCCCCCCCCCC. The molecule has 428 valence electrons. The number of ether oxygens (including phenoxy) is 3. The molecule has 2 atom stereocenters. The molecule has 0 aliphatic heterocycles. The molecule has 0 saturated heterocycles. The largest absolute Gasteiger partial charge is 0.489 e. The number of fused-ring (bicyclic) bond motifs is 1. The van der Waals surface area contributed by atoms with Crippen LogP contribution >= 0.6 is 7.82 Å². The minimum atomic E-state index is -4.63. The molecule has 77 heavy (non-hydrogen) atoms. The van der Waals surface area contributed by atoms with Crippen LogP contribution in [0, 0.1) is 0 Å². The van der Waals surface area contributed by atoms with Crippen LogP contribution < -0.4 is 10.4 Å². The predicted molar refractivity (Wildman–Crippen MR) is 301 cm³/mol. The third kappa shape index (κ3) is 28.4. The minimum Gasteiger partial charge on any atom is -0.489 e. The second-order valence-corrected chi connectivity index (χ2v) is 22.6. The predicted octanol–water partition coefficient (Wildman–Crippen LogP) is 15.0. The fourth-order valence-electron chi connectivity index (χ4n) is 9.02. The summed E-state index contributed by atoms with van der Waals surface area (Å²) in [7, 11) is -0.864. The Balaban J connectivity index is 1.20. The van der Waals surface area contributed by atoms with Crippen LogP contribution in [0.5, 0.6) is 5.75 Å². The van der Waals surface area contributed by atoms with E-state index < -0.39 is 38.1 Å². The highest BCUT2D eigenvalue weighted by molar-refractivity contribution is 7.47. The number of phosphoric ester groups is 1. The zero-order chi connectivity index (χ0) is 55.4. The number of carbonyl (C=O) groups excluding carboxylic acids is 2. The molecule has 2 unspecified atom stereocenters. The van der Waals surface area contributed by atoms with Crippen LogP contribution in [0.25, 0.3) is 27.1 Å². The van der Waals surface area contributed by atoms with Crippen molar-refractivity contribution < 1.29 is 51.2 Å². The van der Waals surface area contributed by atoms with Gasteiger partial charge in [-0.25, -0.2) is 14.0 Å². The van der Waals surface area contributed by atoms with Gasteiger partial charge >= 0.3 is 25.4 Å². The maximum Gasteiger partial charge on any atom is 0.472 e. The number of likely N-dealkylation sites (N-methyl/N-ethyl adjacent to an activating group) is 1. The Kier molecular flexibility index (Phi) is 31.5. The molecule has 0 aliphatic carbocycles. The Morgan fingerprint density at radius 3 is 1.84 bits per heavy atom. The van der Waals surface area contributed by atoms with E-state index in [1.54, 1.807) is 54.7 Å². The monoisotopic (exact) mass is 1090 g/mol. The van der Waals surface area contributed by atoms with Crippen molar-refractivity contribution >= 4 is 36.4 Å². The molecule has 19 heteroatoms. The number of esters is 2. The Morgan fingerprint density at radius 2 is 1.29 bits per heavy atom. The van der Waals surface area contributed by atoms with E-state index in [1.165, 1.54) is 120 Å². The Labute approximate surface area is 457 Å². The van der Waals surface area contributed by atoms with Crippen LogP contribution in [-0.4, -0.2) is 82.9 Å². The van der Waals surface area contributed by atoms with Gasteiger partial charge in [-0.15, -0.1) is 5.10 Å². The van der Waals surface area contributed by atoms with Gasteiger partial charge < -0.3 is 28.0 Å². The van der Waals surface area contributed by atoms with E-state index in [0.29, 0.717) is 47.5 Å². The Hall–Kier alpha value is -5.09. The van der Waals surface area contributed by atoms with Gasteiger partial charge in [0.05, 0.1) is 26.9 Å². The van der Waals surface area contributed by atoms with Crippen molar-refractivity contribution in [2.45, 2.75) is 213 Å². The third-order valence-electron chi connectivity index (χ3n) is 13.6.